The predicted molar refractivity (Wildman–Crippen MR) is 194 cm³/mol. The van der Waals surface area contributed by atoms with E-state index in [-0.39, 0.29) is 40.8 Å². The van der Waals surface area contributed by atoms with Gasteiger partial charge in [-0.05, 0) is 89.1 Å². The molecule has 5 atom stereocenters. The zero-order valence-corrected chi connectivity index (χ0v) is 30.3. The van der Waals surface area contributed by atoms with E-state index < -0.39 is 12.1 Å². The number of ether oxygens (including phenoxy) is 1. The molecule has 8 nitrogen and oxygen atoms in total. The second-order valence-electron chi connectivity index (χ2n) is 16.1. The molecule has 0 radical (unpaired) electrons. The summed E-state index contributed by atoms with van der Waals surface area (Å²) in [6, 6.07) is 22.0. The summed E-state index contributed by atoms with van der Waals surface area (Å²) in [6.45, 7) is 15.1. The number of ketones is 1. The Hall–Kier alpha value is -3.43. The summed E-state index contributed by atoms with van der Waals surface area (Å²) < 4.78 is 6.54. The molecule has 0 unspecified atom stereocenters. The van der Waals surface area contributed by atoms with Crippen molar-refractivity contribution in [2.24, 2.45) is 5.92 Å². The highest BCUT2D eigenvalue weighted by Crippen LogP contribution is 2.40. The first-order chi connectivity index (χ1) is 23.2. The number of aromatic nitrogens is 1. The van der Waals surface area contributed by atoms with Crippen molar-refractivity contribution in [2.45, 2.75) is 109 Å². The molecular formula is C41H56N4O4. The largest absolute Gasteiger partial charge is 0.392 e. The van der Waals surface area contributed by atoms with Gasteiger partial charge in [-0.15, -0.1) is 0 Å². The summed E-state index contributed by atoms with van der Waals surface area (Å²) in [5.41, 5.74) is 3.92. The maximum Gasteiger partial charge on any atom is 0.239 e. The van der Waals surface area contributed by atoms with Crippen molar-refractivity contribution >= 4 is 11.7 Å². The highest BCUT2D eigenvalue weighted by Gasteiger charge is 2.39. The SMILES string of the molecule is CC(C)(C)NC(=O)[C@@H]1CN(Cc2cccnc2)CCN1C[C@@H](O)C[C@@H](Cc1ccccc1)C(=O)C[C@H]1c2ccccc2C[C@H]1OC(C)(C)C. The monoisotopic (exact) mass is 668 g/mol. The maximum atomic E-state index is 14.3. The molecule has 1 aliphatic carbocycles. The highest BCUT2D eigenvalue weighted by molar-refractivity contribution is 5.83. The molecule has 8 heteroatoms. The number of β-amino-alcohol motifs (C(OH)–C–C–N with tert-alkyl or cyclic N) is 1. The van der Waals surface area contributed by atoms with E-state index in [4.69, 9.17) is 4.74 Å². The number of Topliss-reactive ketones (excluding diaryl/α,β-unsaturated/α-hetero) is 1. The number of hydrogen-bond acceptors (Lipinski definition) is 7. The number of aliphatic hydroxyl groups is 1. The Kier molecular flexibility index (Phi) is 12.1. The summed E-state index contributed by atoms with van der Waals surface area (Å²) >= 11 is 0. The number of nitrogens with one attached hydrogen (secondary N) is 1. The van der Waals surface area contributed by atoms with Crippen LogP contribution >= 0.6 is 0 Å². The molecule has 1 amide bonds. The number of amides is 1. The summed E-state index contributed by atoms with van der Waals surface area (Å²) in [4.78, 5) is 36.6. The van der Waals surface area contributed by atoms with Crippen molar-refractivity contribution in [1.82, 2.24) is 20.1 Å². The van der Waals surface area contributed by atoms with Crippen LogP contribution in [0.25, 0.3) is 0 Å². The van der Waals surface area contributed by atoms with Crippen LogP contribution in [0.4, 0.5) is 0 Å². The van der Waals surface area contributed by atoms with Gasteiger partial charge >= 0.3 is 0 Å². The average Bonchev–Trinajstić information content (AvgIpc) is 3.36. The van der Waals surface area contributed by atoms with Crippen molar-refractivity contribution in [1.29, 1.82) is 0 Å². The van der Waals surface area contributed by atoms with E-state index in [1.807, 2.05) is 57.3 Å². The quantitative estimate of drug-likeness (QED) is 0.246. The number of pyridine rings is 1. The molecule has 264 valence electrons. The van der Waals surface area contributed by atoms with Crippen molar-refractivity contribution in [3.63, 3.8) is 0 Å². The lowest BCUT2D eigenvalue weighted by atomic mass is 9.83. The van der Waals surface area contributed by atoms with E-state index in [1.54, 1.807) is 6.20 Å². The molecule has 0 spiro atoms. The van der Waals surface area contributed by atoms with Crippen LogP contribution in [0.2, 0.25) is 0 Å². The van der Waals surface area contributed by atoms with Gasteiger partial charge in [0.15, 0.2) is 0 Å². The first kappa shape index (κ1) is 36.8. The van der Waals surface area contributed by atoms with Crippen LogP contribution in [0.5, 0.6) is 0 Å². The number of fused-ring (bicyclic) bond motifs is 1. The lowest BCUT2D eigenvalue weighted by Gasteiger charge is -2.42. The van der Waals surface area contributed by atoms with Gasteiger partial charge < -0.3 is 15.2 Å². The Bertz CT molecular complexity index is 1520. The van der Waals surface area contributed by atoms with E-state index in [0.29, 0.717) is 45.4 Å². The zero-order chi connectivity index (χ0) is 35.2. The molecule has 1 aromatic heterocycles. The van der Waals surface area contributed by atoms with Crippen molar-refractivity contribution < 1.29 is 19.4 Å². The lowest BCUT2D eigenvalue weighted by Crippen LogP contribution is -2.61. The van der Waals surface area contributed by atoms with Gasteiger partial charge in [-0.1, -0.05) is 60.7 Å². The summed E-state index contributed by atoms with van der Waals surface area (Å²) in [6.07, 6.45) is 4.83. The van der Waals surface area contributed by atoms with E-state index in [2.05, 4.69) is 77.3 Å². The van der Waals surface area contributed by atoms with Crippen LogP contribution in [0.3, 0.4) is 0 Å². The third-order valence-electron chi connectivity index (χ3n) is 9.54. The molecule has 49 heavy (non-hydrogen) atoms. The van der Waals surface area contributed by atoms with Gasteiger partial charge in [0.2, 0.25) is 5.91 Å². The molecule has 2 aromatic carbocycles. The Morgan fingerprint density at radius 3 is 2.37 bits per heavy atom. The van der Waals surface area contributed by atoms with Gasteiger partial charge in [0, 0.05) is 68.9 Å². The zero-order valence-electron chi connectivity index (χ0n) is 30.3. The smallest absolute Gasteiger partial charge is 0.239 e. The minimum atomic E-state index is -0.773. The molecule has 0 bridgehead atoms. The molecule has 1 fully saturated rings. The molecule has 1 aliphatic heterocycles. The van der Waals surface area contributed by atoms with Crippen LogP contribution in [0, 0.1) is 5.92 Å². The first-order valence-electron chi connectivity index (χ1n) is 17.9. The number of aliphatic hydroxyl groups excluding tert-OH is 1. The molecule has 2 N–H and O–H groups in total. The summed E-state index contributed by atoms with van der Waals surface area (Å²) in [5.74, 6) is -0.293. The summed E-state index contributed by atoms with van der Waals surface area (Å²) in [7, 11) is 0. The topological polar surface area (TPSA) is 95.0 Å². The number of carbonyl (C=O) groups is 2. The highest BCUT2D eigenvalue weighted by atomic mass is 16.5. The van der Waals surface area contributed by atoms with Crippen LogP contribution in [-0.4, -0.2) is 87.1 Å². The molecule has 0 saturated carbocycles. The average molecular weight is 669 g/mol. The Labute approximate surface area is 293 Å². The van der Waals surface area contributed by atoms with Gasteiger partial charge in [-0.2, -0.15) is 0 Å². The molecule has 1 saturated heterocycles. The number of rotatable bonds is 13. The van der Waals surface area contributed by atoms with Crippen molar-refractivity contribution in [2.75, 3.05) is 26.2 Å². The number of nitrogens with zero attached hydrogens (tertiary/aromatic N) is 3. The van der Waals surface area contributed by atoms with Crippen molar-refractivity contribution in [3.05, 3.63) is 101 Å². The van der Waals surface area contributed by atoms with Crippen LogP contribution in [0.1, 0.15) is 82.6 Å². The van der Waals surface area contributed by atoms with Crippen LogP contribution < -0.4 is 5.32 Å². The minimum Gasteiger partial charge on any atom is -0.392 e. The molecule has 2 aliphatic rings. The van der Waals surface area contributed by atoms with E-state index in [9.17, 15) is 14.7 Å². The van der Waals surface area contributed by atoms with Gasteiger partial charge in [0.25, 0.3) is 0 Å². The third-order valence-corrected chi connectivity index (χ3v) is 9.54. The standard InChI is InChI=1S/C41H56N4O4/c1-40(2,3)43-39(48)36-28-44(26-30-15-12-18-42-25-30)19-20-45(36)27-33(46)22-32(21-29-13-8-7-9-14-29)37(47)24-35-34-17-11-10-16-31(34)23-38(35)49-41(4,5)6/h7-18,25,32-33,35-36,38,46H,19-24,26-28H2,1-6H3,(H,43,48)/t32-,33+,35+,36+,38-/m1/s1. The fourth-order valence-corrected chi connectivity index (χ4v) is 7.44. The predicted octanol–water partition coefficient (Wildman–Crippen LogP) is 5.58. The van der Waals surface area contributed by atoms with Gasteiger partial charge in [-0.3, -0.25) is 24.4 Å². The molecule has 2 heterocycles. The second kappa shape index (κ2) is 16.1. The number of carbonyl (C=O) groups excluding carboxylic acids is 2. The number of hydrogen-bond donors (Lipinski definition) is 2. The molecule has 3 aromatic rings. The maximum absolute atomic E-state index is 14.3. The first-order valence-corrected chi connectivity index (χ1v) is 17.9. The molecular weight excluding hydrogens is 612 g/mol. The normalized spacial score (nSPS) is 21.6. The molecule has 5 rings (SSSR count). The van der Waals surface area contributed by atoms with Gasteiger partial charge in [0.1, 0.15) is 11.8 Å². The van der Waals surface area contributed by atoms with Gasteiger partial charge in [0.05, 0.1) is 17.8 Å². The van der Waals surface area contributed by atoms with Gasteiger partial charge in [-0.25, -0.2) is 0 Å². The third kappa shape index (κ3) is 10.8. The van der Waals surface area contributed by atoms with Crippen LogP contribution in [0.15, 0.2) is 79.1 Å². The number of piperazine rings is 1. The number of benzene rings is 2. The summed E-state index contributed by atoms with van der Waals surface area (Å²) in [5, 5.41) is 14.9. The Morgan fingerprint density at radius 1 is 0.959 bits per heavy atom. The van der Waals surface area contributed by atoms with Crippen molar-refractivity contribution in [3.8, 4) is 0 Å². The minimum absolute atomic E-state index is 0.0308. The van der Waals surface area contributed by atoms with Crippen LogP contribution in [-0.2, 0) is 33.7 Å². The van der Waals surface area contributed by atoms with E-state index in [1.165, 1.54) is 11.1 Å². The van der Waals surface area contributed by atoms with E-state index in [0.717, 1.165) is 24.1 Å². The fraction of sp³-hybridized carbons (Fsp3) is 0.537. The second-order valence-corrected chi connectivity index (χ2v) is 16.1. The fourth-order valence-electron chi connectivity index (χ4n) is 7.44. The Morgan fingerprint density at radius 2 is 1.67 bits per heavy atom. The van der Waals surface area contributed by atoms with E-state index >= 15 is 0 Å². The lowest BCUT2D eigenvalue weighted by molar-refractivity contribution is -0.132. The Balaban J connectivity index is 1.31.